The molecule has 5 nitrogen and oxygen atoms in total. The summed E-state index contributed by atoms with van der Waals surface area (Å²) < 4.78 is 5.07. The van der Waals surface area contributed by atoms with Gasteiger partial charge in [-0.3, -0.25) is 9.59 Å². The van der Waals surface area contributed by atoms with E-state index in [0.717, 1.165) is 11.3 Å². The quantitative estimate of drug-likeness (QED) is 0.809. The maximum Gasteiger partial charge on any atom is 0.308 e. The molecule has 2 rings (SSSR count). The number of hydrogen-bond acceptors (Lipinski definition) is 4. The third-order valence-electron chi connectivity index (χ3n) is 2.85. The summed E-state index contributed by atoms with van der Waals surface area (Å²) in [4.78, 5) is 23.6. The lowest BCUT2D eigenvalue weighted by Crippen LogP contribution is -2.39. The fourth-order valence-corrected chi connectivity index (χ4v) is 2.00. The number of rotatable bonds is 3. The fraction of sp³-hybridized carbons (Fsp3) is 0.429. The van der Waals surface area contributed by atoms with Crippen LogP contribution in [0.4, 0.5) is 5.69 Å². The number of amides is 1. The second-order valence-corrected chi connectivity index (χ2v) is 4.81. The molecule has 0 saturated carbocycles. The molecular weight excluding hydrogens is 244 g/mol. The predicted octanol–water partition coefficient (Wildman–Crippen LogP) is 1.44. The van der Waals surface area contributed by atoms with Crippen LogP contribution in [-0.4, -0.2) is 24.0 Å². The van der Waals surface area contributed by atoms with E-state index < -0.39 is 6.04 Å². The molecule has 0 aromatic heterocycles. The Morgan fingerprint density at radius 3 is 2.89 bits per heavy atom. The van der Waals surface area contributed by atoms with Crippen molar-refractivity contribution in [1.82, 2.24) is 5.32 Å². The van der Waals surface area contributed by atoms with E-state index in [-0.39, 0.29) is 24.4 Å². The fourth-order valence-electron chi connectivity index (χ4n) is 2.00. The number of esters is 1. The van der Waals surface area contributed by atoms with E-state index in [4.69, 9.17) is 4.74 Å². The van der Waals surface area contributed by atoms with Gasteiger partial charge in [-0.05, 0) is 25.5 Å². The lowest BCUT2D eigenvalue weighted by molar-refractivity contribution is -0.148. The van der Waals surface area contributed by atoms with Crippen LogP contribution in [0, 0.1) is 0 Å². The number of para-hydroxylation sites is 1. The van der Waals surface area contributed by atoms with Gasteiger partial charge in [0.15, 0.2) is 0 Å². The molecule has 1 aromatic rings. The number of anilines is 1. The minimum Gasteiger partial charge on any atom is -0.463 e. The Hall–Kier alpha value is -2.04. The highest BCUT2D eigenvalue weighted by Gasteiger charge is 2.26. The Labute approximate surface area is 112 Å². The van der Waals surface area contributed by atoms with Gasteiger partial charge >= 0.3 is 5.97 Å². The van der Waals surface area contributed by atoms with Crippen LogP contribution in [-0.2, 0) is 20.9 Å². The highest BCUT2D eigenvalue weighted by Crippen LogP contribution is 2.19. The third kappa shape index (κ3) is 3.47. The van der Waals surface area contributed by atoms with Gasteiger partial charge < -0.3 is 15.4 Å². The van der Waals surface area contributed by atoms with Crippen LogP contribution in [0.3, 0.4) is 0 Å². The molecule has 19 heavy (non-hydrogen) atoms. The second-order valence-electron chi connectivity index (χ2n) is 4.81. The van der Waals surface area contributed by atoms with Crippen molar-refractivity contribution in [3.05, 3.63) is 29.8 Å². The topological polar surface area (TPSA) is 67.4 Å². The van der Waals surface area contributed by atoms with Gasteiger partial charge in [-0.25, -0.2) is 0 Å². The minimum atomic E-state index is -0.588. The van der Waals surface area contributed by atoms with Crippen LogP contribution in [0.1, 0.15) is 25.8 Å². The molecule has 1 unspecified atom stereocenters. The zero-order chi connectivity index (χ0) is 13.8. The van der Waals surface area contributed by atoms with Crippen LogP contribution < -0.4 is 10.6 Å². The number of benzene rings is 1. The summed E-state index contributed by atoms with van der Waals surface area (Å²) in [7, 11) is 0. The lowest BCUT2D eigenvalue weighted by Gasteiger charge is -2.16. The smallest absolute Gasteiger partial charge is 0.308 e. The van der Waals surface area contributed by atoms with Crippen molar-refractivity contribution in [3.63, 3.8) is 0 Å². The van der Waals surface area contributed by atoms with Gasteiger partial charge in [0.2, 0.25) is 5.91 Å². The second kappa shape index (κ2) is 5.73. The van der Waals surface area contributed by atoms with E-state index in [1.165, 1.54) is 0 Å². The molecule has 1 atom stereocenters. The van der Waals surface area contributed by atoms with Crippen LogP contribution in [0.25, 0.3) is 0 Å². The molecule has 1 heterocycles. The summed E-state index contributed by atoms with van der Waals surface area (Å²) >= 11 is 0. The third-order valence-corrected chi connectivity index (χ3v) is 2.85. The SMILES string of the molecule is CC(C)OC(=O)CC1Nc2ccccc2CNC1=O. The summed E-state index contributed by atoms with van der Waals surface area (Å²) in [5.41, 5.74) is 1.89. The molecule has 1 aliphatic heterocycles. The van der Waals surface area contributed by atoms with Crippen molar-refractivity contribution < 1.29 is 14.3 Å². The molecule has 0 aliphatic carbocycles. The number of hydrogen-bond donors (Lipinski definition) is 2. The first-order valence-corrected chi connectivity index (χ1v) is 6.38. The first-order valence-electron chi connectivity index (χ1n) is 6.38. The summed E-state index contributed by atoms with van der Waals surface area (Å²) in [6.45, 7) is 4.04. The summed E-state index contributed by atoms with van der Waals surface area (Å²) in [5.74, 6) is -0.557. The highest BCUT2D eigenvalue weighted by atomic mass is 16.5. The zero-order valence-electron chi connectivity index (χ0n) is 11.1. The Bertz CT molecular complexity index is 485. The average molecular weight is 262 g/mol. The Morgan fingerprint density at radius 1 is 1.42 bits per heavy atom. The van der Waals surface area contributed by atoms with E-state index >= 15 is 0 Å². The van der Waals surface area contributed by atoms with Gasteiger partial charge in [0.05, 0.1) is 12.5 Å². The molecule has 1 aliphatic rings. The Morgan fingerprint density at radius 2 is 2.16 bits per heavy atom. The summed E-state index contributed by atoms with van der Waals surface area (Å²) in [6.07, 6.45) is -0.146. The number of carbonyl (C=O) groups is 2. The Kier molecular flexibility index (Phi) is 4.04. The molecule has 0 bridgehead atoms. The van der Waals surface area contributed by atoms with Crippen molar-refractivity contribution in [3.8, 4) is 0 Å². The van der Waals surface area contributed by atoms with Crippen LogP contribution in [0.15, 0.2) is 24.3 Å². The van der Waals surface area contributed by atoms with Gasteiger partial charge in [-0.2, -0.15) is 0 Å². The predicted molar refractivity (Wildman–Crippen MR) is 71.5 cm³/mol. The van der Waals surface area contributed by atoms with E-state index in [0.29, 0.717) is 6.54 Å². The van der Waals surface area contributed by atoms with Gasteiger partial charge in [-0.1, -0.05) is 18.2 Å². The zero-order valence-corrected chi connectivity index (χ0v) is 11.1. The summed E-state index contributed by atoms with van der Waals surface area (Å²) in [6, 6.07) is 7.06. The normalized spacial score (nSPS) is 18.1. The highest BCUT2D eigenvalue weighted by molar-refractivity contribution is 5.90. The van der Waals surface area contributed by atoms with E-state index in [2.05, 4.69) is 10.6 Å². The first kappa shape index (κ1) is 13.4. The molecule has 0 spiro atoms. The molecule has 102 valence electrons. The molecular formula is C14H18N2O3. The van der Waals surface area contributed by atoms with Crippen molar-refractivity contribution in [2.24, 2.45) is 0 Å². The molecule has 0 saturated heterocycles. The Balaban J connectivity index is 2.08. The van der Waals surface area contributed by atoms with Crippen molar-refractivity contribution in [1.29, 1.82) is 0 Å². The maximum atomic E-state index is 11.9. The number of nitrogens with one attached hydrogen (secondary N) is 2. The van der Waals surface area contributed by atoms with Crippen molar-refractivity contribution >= 4 is 17.6 Å². The molecule has 1 aromatic carbocycles. The van der Waals surface area contributed by atoms with Crippen LogP contribution in [0.5, 0.6) is 0 Å². The van der Waals surface area contributed by atoms with Crippen molar-refractivity contribution in [2.75, 3.05) is 5.32 Å². The first-order chi connectivity index (χ1) is 9.06. The standard InChI is InChI=1S/C14H18N2O3/c1-9(2)19-13(17)7-12-14(18)15-8-10-5-3-4-6-11(10)16-12/h3-6,9,12,16H,7-8H2,1-2H3,(H,15,18). The molecule has 2 N–H and O–H groups in total. The molecule has 1 amide bonds. The van der Waals surface area contributed by atoms with Crippen LogP contribution in [0.2, 0.25) is 0 Å². The van der Waals surface area contributed by atoms with E-state index in [9.17, 15) is 9.59 Å². The maximum absolute atomic E-state index is 11.9. The van der Waals surface area contributed by atoms with Gasteiger partial charge in [-0.15, -0.1) is 0 Å². The molecule has 0 radical (unpaired) electrons. The van der Waals surface area contributed by atoms with Crippen molar-refractivity contribution in [2.45, 2.75) is 39.0 Å². The monoisotopic (exact) mass is 262 g/mol. The van der Waals surface area contributed by atoms with Crippen LogP contribution >= 0.6 is 0 Å². The van der Waals surface area contributed by atoms with E-state index in [1.807, 2.05) is 24.3 Å². The molecule has 0 fully saturated rings. The number of carbonyl (C=O) groups excluding carboxylic acids is 2. The van der Waals surface area contributed by atoms with E-state index in [1.54, 1.807) is 13.8 Å². The minimum absolute atomic E-state index is 0.0261. The van der Waals surface area contributed by atoms with Gasteiger partial charge in [0.25, 0.3) is 0 Å². The number of fused-ring (bicyclic) bond motifs is 1. The van der Waals surface area contributed by atoms with Gasteiger partial charge in [0, 0.05) is 12.2 Å². The number of ether oxygens (including phenoxy) is 1. The van der Waals surface area contributed by atoms with Gasteiger partial charge in [0.1, 0.15) is 6.04 Å². The lowest BCUT2D eigenvalue weighted by atomic mass is 10.1. The summed E-state index contributed by atoms with van der Waals surface area (Å²) in [5, 5.41) is 5.90. The average Bonchev–Trinajstić information content (AvgIpc) is 2.49. The molecule has 5 heteroatoms. The largest absolute Gasteiger partial charge is 0.463 e.